The summed E-state index contributed by atoms with van der Waals surface area (Å²) >= 11 is 0. The average Bonchev–Trinajstić information content (AvgIpc) is 3.42. The van der Waals surface area contributed by atoms with Gasteiger partial charge in [-0.3, -0.25) is 9.69 Å². The van der Waals surface area contributed by atoms with Gasteiger partial charge >= 0.3 is 0 Å². The maximum absolute atomic E-state index is 13.3. The summed E-state index contributed by atoms with van der Waals surface area (Å²) in [5, 5.41) is 14.9. The molecule has 0 spiro atoms. The third-order valence-electron chi connectivity index (χ3n) is 8.38. The van der Waals surface area contributed by atoms with Gasteiger partial charge in [0.05, 0.1) is 31.2 Å². The molecule has 0 bridgehead atoms. The Bertz CT molecular complexity index is 1860. The lowest BCUT2D eigenvalue weighted by atomic mass is 9.99. The number of aromatic hydroxyl groups is 1. The summed E-state index contributed by atoms with van der Waals surface area (Å²) in [7, 11) is 5.33. The zero-order chi connectivity index (χ0) is 32.0. The van der Waals surface area contributed by atoms with Crippen molar-refractivity contribution < 1.29 is 19.4 Å². The highest BCUT2D eigenvalue weighted by Crippen LogP contribution is 2.33. The Morgan fingerprint density at radius 1 is 0.848 bits per heavy atom. The number of fused-ring (bicyclic) bond motifs is 1. The van der Waals surface area contributed by atoms with Gasteiger partial charge < -0.3 is 29.8 Å². The molecule has 9 heteroatoms. The molecule has 1 aliphatic rings. The Morgan fingerprint density at radius 2 is 1.63 bits per heavy atom. The molecule has 0 atom stereocenters. The summed E-state index contributed by atoms with van der Waals surface area (Å²) in [6.45, 7) is 5.36. The fourth-order valence-electron chi connectivity index (χ4n) is 5.81. The summed E-state index contributed by atoms with van der Waals surface area (Å²) in [6, 6.07) is 29.0. The number of benzene rings is 4. The van der Waals surface area contributed by atoms with E-state index in [-0.39, 0.29) is 11.8 Å². The van der Waals surface area contributed by atoms with Crippen molar-refractivity contribution in [1.29, 1.82) is 0 Å². The number of aromatic amines is 1. The van der Waals surface area contributed by atoms with Crippen LogP contribution in [0.2, 0.25) is 0 Å². The van der Waals surface area contributed by atoms with Crippen molar-refractivity contribution in [2.45, 2.75) is 13.1 Å². The highest BCUT2D eigenvalue weighted by molar-refractivity contribution is 6.22. The number of piperazine rings is 1. The molecule has 1 saturated heterocycles. The van der Waals surface area contributed by atoms with Gasteiger partial charge in [0.1, 0.15) is 0 Å². The zero-order valence-corrected chi connectivity index (χ0v) is 26.4. The van der Waals surface area contributed by atoms with E-state index < -0.39 is 0 Å². The maximum atomic E-state index is 13.3. The lowest BCUT2D eigenvalue weighted by Crippen LogP contribution is -2.43. The number of amides is 1. The van der Waals surface area contributed by atoms with Gasteiger partial charge in [0.2, 0.25) is 0 Å². The lowest BCUT2D eigenvalue weighted by Gasteiger charge is -2.32. The molecule has 3 N–H and O–H groups in total. The Labute approximate surface area is 269 Å². The molecule has 0 radical (unpaired) electrons. The lowest BCUT2D eigenvalue weighted by molar-refractivity contribution is 0.0951. The first-order valence-corrected chi connectivity index (χ1v) is 15.4. The van der Waals surface area contributed by atoms with E-state index in [4.69, 9.17) is 14.5 Å². The van der Waals surface area contributed by atoms with Gasteiger partial charge in [-0.1, -0.05) is 48.5 Å². The van der Waals surface area contributed by atoms with Crippen LogP contribution in [0.3, 0.4) is 0 Å². The minimum Gasteiger partial charge on any atom is -0.494 e. The molecule has 2 heterocycles. The first-order valence-electron chi connectivity index (χ1n) is 15.4. The van der Waals surface area contributed by atoms with Crippen LogP contribution in [-0.4, -0.2) is 79.0 Å². The van der Waals surface area contributed by atoms with Crippen LogP contribution in [0.4, 0.5) is 5.69 Å². The van der Waals surface area contributed by atoms with E-state index in [1.54, 1.807) is 26.4 Å². The maximum Gasteiger partial charge on any atom is 0.251 e. The number of likely N-dealkylation sites (N-methyl/N-ethyl adjacent to an activating group) is 1. The second-order valence-electron chi connectivity index (χ2n) is 11.6. The monoisotopic (exact) mass is 617 g/mol. The molecule has 0 unspecified atom stereocenters. The standard InChI is InChI=1S/C37H39N5O4/c1-41-16-18-42(19-17-41)24-26-8-7-11-29(20-26)39-35(27-9-5-4-6-10-27)34-30-22-28(13-14-31(30)40-37(34)44)36(43)38-23-25-12-15-32(45-2)33(21-25)46-3/h4-15,20-22,40,44H,16-19,23-24H2,1-3H3,(H,38,43). The molecule has 4 aromatic carbocycles. The van der Waals surface area contributed by atoms with E-state index in [9.17, 15) is 9.90 Å². The molecule has 6 rings (SSSR count). The number of nitrogens with one attached hydrogen (secondary N) is 2. The number of H-pyrrole nitrogens is 1. The summed E-state index contributed by atoms with van der Waals surface area (Å²) < 4.78 is 10.7. The van der Waals surface area contributed by atoms with Gasteiger partial charge in [-0.2, -0.15) is 0 Å². The normalized spacial score (nSPS) is 14.4. The molecular formula is C37H39N5O4. The zero-order valence-electron chi connectivity index (χ0n) is 26.4. The van der Waals surface area contributed by atoms with Crippen molar-refractivity contribution in [3.8, 4) is 17.4 Å². The number of hydrogen-bond donors (Lipinski definition) is 3. The molecule has 0 saturated carbocycles. The largest absolute Gasteiger partial charge is 0.494 e. The Balaban J connectivity index is 1.31. The van der Waals surface area contributed by atoms with Crippen LogP contribution >= 0.6 is 0 Å². The molecule has 1 aromatic heterocycles. The van der Waals surface area contributed by atoms with Crippen LogP contribution in [0.1, 0.15) is 32.6 Å². The van der Waals surface area contributed by atoms with Gasteiger partial charge in [0.25, 0.3) is 5.91 Å². The molecular weight excluding hydrogens is 578 g/mol. The van der Waals surface area contributed by atoms with Crippen molar-refractivity contribution in [3.63, 3.8) is 0 Å². The van der Waals surface area contributed by atoms with Crippen molar-refractivity contribution in [3.05, 3.63) is 119 Å². The van der Waals surface area contributed by atoms with Gasteiger partial charge in [-0.05, 0) is 60.6 Å². The topological polar surface area (TPSA) is 102 Å². The minimum absolute atomic E-state index is 0.00548. The smallest absolute Gasteiger partial charge is 0.251 e. The number of aromatic nitrogens is 1. The Kier molecular flexibility index (Phi) is 9.33. The number of carbonyl (C=O) groups is 1. The summed E-state index contributed by atoms with van der Waals surface area (Å²) in [6.07, 6.45) is 0. The van der Waals surface area contributed by atoms with Crippen LogP contribution < -0.4 is 14.8 Å². The van der Waals surface area contributed by atoms with Crippen molar-refractivity contribution >= 4 is 28.2 Å². The molecule has 5 aromatic rings. The quantitative estimate of drug-likeness (QED) is 0.173. The van der Waals surface area contributed by atoms with Crippen LogP contribution in [0.15, 0.2) is 96.0 Å². The second-order valence-corrected chi connectivity index (χ2v) is 11.6. The number of hydrogen-bond acceptors (Lipinski definition) is 7. The third-order valence-corrected chi connectivity index (χ3v) is 8.38. The molecule has 1 fully saturated rings. The second kappa shape index (κ2) is 13.9. The fourth-order valence-corrected chi connectivity index (χ4v) is 5.81. The molecule has 236 valence electrons. The minimum atomic E-state index is -0.238. The van der Waals surface area contributed by atoms with E-state index in [2.05, 4.69) is 39.3 Å². The Hall–Kier alpha value is -5.12. The SMILES string of the molecule is COc1ccc(CNC(=O)c2ccc3[nH]c(O)c(C(=Nc4cccc(CN5CCN(C)CC5)c4)c4ccccc4)c3c2)cc1OC. The van der Waals surface area contributed by atoms with Crippen molar-refractivity contribution in [1.82, 2.24) is 20.1 Å². The summed E-state index contributed by atoms with van der Waals surface area (Å²) in [5.74, 6) is 0.980. The molecule has 0 aliphatic carbocycles. The third kappa shape index (κ3) is 6.91. The van der Waals surface area contributed by atoms with Gasteiger partial charge in [-0.15, -0.1) is 0 Å². The summed E-state index contributed by atoms with van der Waals surface area (Å²) in [4.78, 5) is 26.3. The number of carbonyl (C=O) groups excluding carboxylic acids is 1. The molecule has 1 amide bonds. The number of aliphatic imine (C=N–C) groups is 1. The number of ether oxygens (including phenoxy) is 2. The van der Waals surface area contributed by atoms with Crippen LogP contribution in [0.25, 0.3) is 10.9 Å². The molecule has 1 aliphatic heterocycles. The van der Waals surface area contributed by atoms with Crippen LogP contribution in [0.5, 0.6) is 17.4 Å². The van der Waals surface area contributed by atoms with E-state index in [0.717, 1.165) is 49.5 Å². The first-order chi connectivity index (χ1) is 22.4. The number of nitrogens with zero attached hydrogens (tertiary/aromatic N) is 3. The van der Waals surface area contributed by atoms with E-state index >= 15 is 0 Å². The van der Waals surface area contributed by atoms with Gasteiger partial charge in [0, 0.05) is 61.3 Å². The van der Waals surface area contributed by atoms with Gasteiger partial charge in [-0.25, -0.2) is 4.99 Å². The molecule has 9 nitrogen and oxygen atoms in total. The highest BCUT2D eigenvalue weighted by Gasteiger charge is 2.21. The van der Waals surface area contributed by atoms with Gasteiger partial charge in [0.15, 0.2) is 17.4 Å². The molecule has 46 heavy (non-hydrogen) atoms. The Morgan fingerprint density at radius 3 is 2.39 bits per heavy atom. The predicted molar refractivity (Wildman–Crippen MR) is 182 cm³/mol. The number of rotatable bonds is 10. The number of methoxy groups -OCH3 is 2. The van der Waals surface area contributed by atoms with Crippen molar-refractivity contribution in [2.24, 2.45) is 4.99 Å². The fraction of sp³-hybridized carbons (Fsp3) is 0.243. The first kappa shape index (κ1) is 30.9. The van der Waals surface area contributed by atoms with E-state index in [0.29, 0.717) is 45.8 Å². The highest BCUT2D eigenvalue weighted by atomic mass is 16.5. The van der Waals surface area contributed by atoms with E-state index in [1.807, 2.05) is 66.7 Å². The summed E-state index contributed by atoms with van der Waals surface area (Å²) in [5.41, 5.74) is 6.04. The van der Waals surface area contributed by atoms with Crippen LogP contribution in [0, 0.1) is 0 Å². The van der Waals surface area contributed by atoms with E-state index in [1.165, 1.54) is 5.56 Å². The predicted octanol–water partition coefficient (Wildman–Crippen LogP) is 5.74. The van der Waals surface area contributed by atoms with Crippen molar-refractivity contribution in [2.75, 3.05) is 47.4 Å². The van der Waals surface area contributed by atoms with Crippen LogP contribution in [-0.2, 0) is 13.1 Å². The average molecular weight is 618 g/mol.